The molecular weight excluding hydrogens is 186 g/mol. The highest BCUT2D eigenvalue weighted by atomic mass is 15.1. The molecule has 0 spiro atoms. The molecule has 1 aliphatic rings. The van der Waals surface area contributed by atoms with Gasteiger partial charge in [0.1, 0.15) is 0 Å². The van der Waals surface area contributed by atoms with E-state index in [0.717, 1.165) is 0 Å². The van der Waals surface area contributed by atoms with Crippen LogP contribution in [0.1, 0.15) is 35.9 Å². The van der Waals surface area contributed by atoms with Gasteiger partial charge in [-0.25, -0.2) is 0 Å². The van der Waals surface area contributed by atoms with Gasteiger partial charge in [0.2, 0.25) is 0 Å². The monoisotopic (exact) mass is 199 g/mol. The van der Waals surface area contributed by atoms with Crippen molar-refractivity contribution < 1.29 is 0 Å². The molecule has 0 unspecified atom stereocenters. The predicted octanol–water partition coefficient (Wildman–Crippen LogP) is 2.47. The van der Waals surface area contributed by atoms with E-state index in [1.807, 2.05) is 24.7 Å². The summed E-state index contributed by atoms with van der Waals surface area (Å²) < 4.78 is 0. The normalized spacial score (nSPS) is 24.8. The van der Waals surface area contributed by atoms with Gasteiger partial charge in [-0.1, -0.05) is 6.07 Å². The maximum Gasteiger partial charge on any atom is 0.0490 e. The molecule has 0 aliphatic heterocycles. The van der Waals surface area contributed by atoms with Gasteiger partial charge >= 0.3 is 0 Å². The van der Waals surface area contributed by atoms with Crippen molar-refractivity contribution >= 4 is 0 Å². The fourth-order valence-electron chi connectivity index (χ4n) is 2.26. The maximum atomic E-state index is 4.16. The van der Waals surface area contributed by atoms with Crippen LogP contribution in [0.4, 0.5) is 0 Å². The van der Waals surface area contributed by atoms with Crippen LogP contribution < -0.4 is 0 Å². The first-order valence-corrected chi connectivity index (χ1v) is 5.32. The Morgan fingerprint density at radius 3 is 2.73 bits per heavy atom. The third kappa shape index (κ3) is 1.54. The Hall–Kier alpha value is -1.64. The largest absolute Gasteiger partial charge is 0.282 e. The summed E-state index contributed by atoms with van der Waals surface area (Å²) in [6.45, 7) is 0. The van der Waals surface area contributed by atoms with Crippen LogP contribution in [0.25, 0.3) is 0 Å². The molecule has 76 valence electrons. The summed E-state index contributed by atoms with van der Waals surface area (Å²) in [6, 6.07) is 6.25. The minimum Gasteiger partial charge on any atom is -0.282 e. The second-order valence-corrected chi connectivity index (χ2v) is 4.16. The molecule has 0 radical (unpaired) electrons. The van der Waals surface area contributed by atoms with Crippen LogP contribution in [0, 0.1) is 0 Å². The molecule has 1 saturated carbocycles. The molecule has 2 aromatic rings. The molecule has 0 aromatic carbocycles. The molecule has 3 heteroatoms. The van der Waals surface area contributed by atoms with Gasteiger partial charge in [0.25, 0.3) is 0 Å². The van der Waals surface area contributed by atoms with E-state index < -0.39 is 0 Å². The van der Waals surface area contributed by atoms with Crippen LogP contribution in [0.2, 0.25) is 0 Å². The smallest absolute Gasteiger partial charge is 0.0490 e. The summed E-state index contributed by atoms with van der Waals surface area (Å²) in [5.41, 5.74) is 2.64. The molecule has 0 amide bonds. The van der Waals surface area contributed by atoms with Gasteiger partial charge < -0.3 is 0 Å². The van der Waals surface area contributed by atoms with Crippen LogP contribution >= 0.6 is 0 Å². The van der Waals surface area contributed by atoms with Crippen molar-refractivity contribution in [3.8, 4) is 0 Å². The summed E-state index contributed by atoms with van der Waals surface area (Å²) in [4.78, 5) is 4.16. The van der Waals surface area contributed by atoms with E-state index in [0.29, 0.717) is 11.8 Å². The zero-order valence-corrected chi connectivity index (χ0v) is 8.43. The van der Waals surface area contributed by atoms with Crippen LogP contribution in [0.5, 0.6) is 0 Å². The number of rotatable bonds is 2. The zero-order valence-electron chi connectivity index (χ0n) is 8.43. The Bertz CT molecular complexity index is 415. The number of nitrogens with one attached hydrogen (secondary N) is 1. The van der Waals surface area contributed by atoms with Crippen LogP contribution in [0.3, 0.4) is 0 Å². The highest BCUT2D eigenvalue weighted by Gasteiger charge is 2.32. The molecular formula is C12H13N3. The lowest BCUT2D eigenvalue weighted by Gasteiger charge is -2.34. The molecule has 2 aromatic heterocycles. The van der Waals surface area contributed by atoms with Crippen LogP contribution in [0.15, 0.2) is 36.8 Å². The molecule has 0 atom stereocenters. The molecule has 1 aliphatic carbocycles. The Kier molecular flexibility index (Phi) is 2.02. The van der Waals surface area contributed by atoms with Crippen molar-refractivity contribution in [3.05, 3.63) is 48.0 Å². The number of aromatic amines is 1. The first kappa shape index (κ1) is 8.65. The number of nitrogens with zero attached hydrogens (tertiary/aromatic N) is 2. The van der Waals surface area contributed by atoms with E-state index in [-0.39, 0.29) is 0 Å². The molecule has 15 heavy (non-hydrogen) atoms. The molecule has 0 bridgehead atoms. The lowest BCUT2D eigenvalue weighted by molar-refractivity contribution is 0.344. The fourth-order valence-corrected chi connectivity index (χ4v) is 2.26. The van der Waals surface area contributed by atoms with Crippen LogP contribution in [-0.2, 0) is 0 Å². The van der Waals surface area contributed by atoms with E-state index in [4.69, 9.17) is 0 Å². The minimum absolute atomic E-state index is 0.665. The lowest BCUT2D eigenvalue weighted by atomic mass is 9.70. The average Bonchev–Trinajstić information content (AvgIpc) is 2.70. The molecule has 3 rings (SSSR count). The van der Waals surface area contributed by atoms with Gasteiger partial charge in [0, 0.05) is 30.2 Å². The number of aromatic nitrogens is 3. The van der Waals surface area contributed by atoms with E-state index in [1.54, 1.807) is 0 Å². The summed E-state index contributed by atoms with van der Waals surface area (Å²) in [5, 5.41) is 7.03. The minimum atomic E-state index is 0.665. The van der Waals surface area contributed by atoms with E-state index in [9.17, 15) is 0 Å². The van der Waals surface area contributed by atoms with Crippen molar-refractivity contribution in [2.45, 2.75) is 24.7 Å². The van der Waals surface area contributed by atoms with Gasteiger partial charge in [0.15, 0.2) is 0 Å². The quantitative estimate of drug-likeness (QED) is 0.807. The van der Waals surface area contributed by atoms with Crippen molar-refractivity contribution in [2.75, 3.05) is 0 Å². The summed E-state index contributed by atoms with van der Waals surface area (Å²) in [7, 11) is 0. The van der Waals surface area contributed by atoms with Crippen LogP contribution in [-0.4, -0.2) is 15.2 Å². The topological polar surface area (TPSA) is 41.6 Å². The Morgan fingerprint density at radius 1 is 1.13 bits per heavy atom. The number of hydrogen-bond donors (Lipinski definition) is 1. The summed E-state index contributed by atoms with van der Waals surface area (Å²) in [5.74, 6) is 1.35. The highest BCUT2D eigenvalue weighted by molar-refractivity contribution is 5.23. The van der Waals surface area contributed by atoms with Gasteiger partial charge in [-0.2, -0.15) is 5.10 Å². The van der Waals surface area contributed by atoms with Crippen molar-refractivity contribution in [2.24, 2.45) is 0 Å². The van der Waals surface area contributed by atoms with Gasteiger partial charge in [-0.05, 0) is 36.5 Å². The number of pyridine rings is 1. The molecule has 2 heterocycles. The third-order valence-electron chi connectivity index (χ3n) is 3.26. The molecule has 3 nitrogen and oxygen atoms in total. The summed E-state index contributed by atoms with van der Waals surface area (Å²) >= 11 is 0. The first-order valence-electron chi connectivity index (χ1n) is 5.32. The Balaban J connectivity index is 1.68. The molecule has 0 saturated heterocycles. The Morgan fingerprint density at radius 2 is 2.07 bits per heavy atom. The SMILES string of the molecule is c1cncc(C2CC(c3ccn[nH]3)C2)c1. The highest BCUT2D eigenvalue weighted by Crippen LogP contribution is 2.46. The first-order chi connectivity index (χ1) is 7.43. The van der Waals surface area contributed by atoms with Crippen molar-refractivity contribution in [1.29, 1.82) is 0 Å². The third-order valence-corrected chi connectivity index (χ3v) is 3.26. The second-order valence-electron chi connectivity index (χ2n) is 4.16. The lowest BCUT2D eigenvalue weighted by Crippen LogP contribution is -2.20. The van der Waals surface area contributed by atoms with Gasteiger partial charge in [-0.15, -0.1) is 0 Å². The predicted molar refractivity (Wildman–Crippen MR) is 57.5 cm³/mol. The number of H-pyrrole nitrogens is 1. The van der Waals surface area contributed by atoms with E-state index in [2.05, 4.69) is 27.3 Å². The Labute approximate surface area is 88.6 Å². The van der Waals surface area contributed by atoms with E-state index >= 15 is 0 Å². The van der Waals surface area contributed by atoms with Crippen molar-refractivity contribution in [3.63, 3.8) is 0 Å². The van der Waals surface area contributed by atoms with Gasteiger partial charge in [0.05, 0.1) is 0 Å². The standard InChI is InChI=1S/C12H13N3/c1-2-9(8-13-4-1)10-6-11(7-10)12-3-5-14-15-12/h1-5,8,10-11H,6-7H2,(H,14,15). The second kappa shape index (κ2) is 3.50. The number of hydrogen-bond acceptors (Lipinski definition) is 2. The summed E-state index contributed by atoms with van der Waals surface area (Å²) in [6.07, 6.45) is 8.07. The van der Waals surface area contributed by atoms with E-state index in [1.165, 1.54) is 24.1 Å². The fraction of sp³-hybridized carbons (Fsp3) is 0.333. The average molecular weight is 199 g/mol. The maximum absolute atomic E-state index is 4.16. The van der Waals surface area contributed by atoms with Gasteiger partial charge in [-0.3, -0.25) is 10.1 Å². The molecule has 1 fully saturated rings. The van der Waals surface area contributed by atoms with Crippen molar-refractivity contribution in [1.82, 2.24) is 15.2 Å². The zero-order chi connectivity index (χ0) is 10.1. The molecule has 1 N–H and O–H groups in total.